The third-order valence-corrected chi connectivity index (χ3v) is 5.32. The topological polar surface area (TPSA) is 56.1 Å². The second kappa shape index (κ2) is 8.21. The van der Waals surface area contributed by atoms with Gasteiger partial charge in [-0.2, -0.15) is 0 Å². The van der Waals surface area contributed by atoms with Crippen LogP contribution in [0.15, 0.2) is 24.3 Å². The number of benzene rings is 1. The number of hydrogen-bond acceptors (Lipinski definition) is 3. The number of nitrogens with zero attached hydrogens (tertiary/aromatic N) is 2. The number of fused-ring (bicyclic) bond motifs is 1. The first kappa shape index (κ1) is 18.9. The fourth-order valence-corrected chi connectivity index (χ4v) is 3.85. The van der Waals surface area contributed by atoms with Crippen LogP contribution in [0.25, 0.3) is 11.0 Å². The van der Waals surface area contributed by atoms with Crippen LogP contribution in [0.1, 0.15) is 71.3 Å². The van der Waals surface area contributed by atoms with Crippen molar-refractivity contribution in [3.63, 3.8) is 0 Å². The Labute approximate surface area is 156 Å². The van der Waals surface area contributed by atoms with Crippen LogP contribution in [0.3, 0.4) is 0 Å². The second-order valence-corrected chi connectivity index (χ2v) is 7.90. The van der Waals surface area contributed by atoms with Crippen molar-refractivity contribution >= 4 is 16.9 Å². The average molecular weight is 357 g/mol. The van der Waals surface area contributed by atoms with Crippen molar-refractivity contribution in [3.8, 4) is 0 Å². The van der Waals surface area contributed by atoms with Gasteiger partial charge in [-0.3, -0.25) is 4.79 Å². The van der Waals surface area contributed by atoms with Gasteiger partial charge in [0.25, 0.3) is 0 Å². The van der Waals surface area contributed by atoms with Gasteiger partial charge in [-0.15, -0.1) is 0 Å². The van der Waals surface area contributed by atoms with E-state index in [1.54, 1.807) is 0 Å². The van der Waals surface area contributed by atoms with Crippen LogP contribution in [-0.4, -0.2) is 28.2 Å². The number of nitrogens with one attached hydrogen (secondary N) is 1. The van der Waals surface area contributed by atoms with Crippen LogP contribution in [-0.2, 0) is 9.53 Å². The molecule has 1 aromatic heterocycles. The second-order valence-electron chi connectivity index (χ2n) is 7.90. The lowest BCUT2D eigenvalue weighted by molar-refractivity contribution is -0.129. The van der Waals surface area contributed by atoms with Gasteiger partial charge in [-0.05, 0) is 64.5 Å². The summed E-state index contributed by atoms with van der Waals surface area (Å²) in [5, 5.41) is 3.05. The van der Waals surface area contributed by atoms with E-state index in [-0.39, 0.29) is 30.7 Å². The fraction of sp³-hybridized carbons (Fsp3) is 0.619. The third kappa shape index (κ3) is 4.26. The largest absolute Gasteiger partial charge is 0.368 e. The van der Waals surface area contributed by atoms with Crippen molar-refractivity contribution in [2.45, 2.75) is 71.6 Å². The lowest BCUT2D eigenvalue weighted by Gasteiger charge is -2.26. The zero-order chi connectivity index (χ0) is 18.7. The molecule has 1 aliphatic carbocycles. The molecule has 1 unspecified atom stereocenters. The standard InChI is InChI=1S/C21H31N3O2/c1-14(2)24-19-8-6-5-7-18(19)23-21(24)16(4)22-20(25)13-26-17-11-9-15(3)10-12-17/h5-8,14-17H,9-13H2,1-4H3,(H,22,25). The van der Waals surface area contributed by atoms with E-state index in [1.165, 1.54) is 12.8 Å². The summed E-state index contributed by atoms with van der Waals surface area (Å²) >= 11 is 0. The molecule has 1 saturated carbocycles. The number of aromatic nitrogens is 2. The summed E-state index contributed by atoms with van der Waals surface area (Å²) in [7, 11) is 0. The molecule has 1 aliphatic rings. The normalized spacial score (nSPS) is 21.9. The monoisotopic (exact) mass is 357 g/mol. The predicted molar refractivity (Wildman–Crippen MR) is 104 cm³/mol. The van der Waals surface area contributed by atoms with E-state index in [0.717, 1.165) is 35.6 Å². The van der Waals surface area contributed by atoms with Gasteiger partial charge in [0, 0.05) is 6.04 Å². The van der Waals surface area contributed by atoms with Gasteiger partial charge in [0.15, 0.2) is 0 Å². The van der Waals surface area contributed by atoms with Crippen molar-refractivity contribution < 1.29 is 9.53 Å². The Morgan fingerprint density at radius 2 is 1.92 bits per heavy atom. The number of imidazole rings is 1. The van der Waals surface area contributed by atoms with Crippen molar-refractivity contribution in [1.82, 2.24) is 14.9 Å². The molecule has 1 amide bonds. The number of hydrogen-bond donors (Lipinski definition) is 1. The maximum absolute atomic E-state index is 12.4. The van der Waals surface area contributed by atoms with Gasteiger partial charge in [-0.1, -0.05) is 19.1 Å². The van der Waals surface area contributed by atoms with Crippen molar-refractivity contribution in [2.75, 3.05) is 6.61 Å². The quantitative estimate of drug-likeness (QED) is 0.834. The molecule has 5 heteroatoms. The molecule has 0 radical (unpaired) electrons. The van der Waals surface area contributed by atoms with Crippen LogP contribution in [0.5, 0.6) is 0 Å². The minimum absolute atomic E-state index is 0.0708. The highest BCUT2D eigenvalue weighted by molar-refractivity contribution is 5.79. The molecule has 2 aromatic rings. The Balaban J connectivity index is 1.62. The molecule has 0 saturated heterocycles. The first-order valence-electron chi connectivity index (χ1n) is 9.83. The van der Waals surface area contributed by atoms with Crippen molar-refractivity contribution in [1.29, 1.82) is 0 Å². The highest BCUT2D eigenvalue weighted by atomic mass is 16.5. The Morgan fingerprint density at radius 1 is 1.23 bits per heavy atom. The zero-order valence-electron chi connectivity index (χ0n) is 16.4. The predicted octanol–water partition coefficient (Wildman–Crippen LogP) is 4.39. The molecule has 1 atom stereocenters. The highest BCUT2D eigenvalue weighted by Crippen LogP contribution is 2.26. The smallest absolute Gasteiger partial charge is 0.246 e. The van der Waals surface area contributed by atoms with Crippen LogP contribution in [0, 0.1) is 5.92 Å². The van der Waals surface area contributed by atoms with E-state index in [2.05, 4.69) is 36.7 Å². The third-order valence-electron chi connectivity index (χ3n) is 5.32. The molecule has 1 N–H and O–H groups in total. The molecule has 142 valence electrons. The van der Waals surface area contributed by atoms with Crippen LogP contribution >= 0.6 is 0 Å². The molecular formula is C21H31N3O2. The summed E-state index contributed by atoms with van der Waals surface area (Å²) < 4.78 is 8.03. The average Bonchev–Trinajstić information content (AvgIpc) is 3.01. The van der Waals surface area contributed by atoms with Crippen molar-refractivity contribution in [2.24, 2.45) is 5.92 Å². The summed E-state index contributed by atoms with van der Waals surface area (Å²) in [5.74, 6) is 1.60. The summed E-state index contributed by atoms with van der Waals surface area (Å²) in [5.41, 5.74) is 2.07. The minimum atomic E-state index is -0.160. The zero-order valence-corrected chi connectivity index (χ0v) is 16.4. The van der Waals surface area contributed by atoms with Gasteiger partial charge >= 0.3 is 0 Å². The van der Waals surface area contributed by atoms with E-state index < -0.39 is 0 Å². The first-order valence-corrected chi connectivity index (χ1v) is 9.83. The molecule has 26 heavy (non-hydrogen) atoms. The number of rotatable bonds is 6. The molecule has 0 aliphatic heterocycles. The van der Waals surface area contributed by atoms with Crippen LogP contribution in [0.2, 0.25) is 0 Å². The van der Waals surface area contributed by atoms with Gasteiger partial charge in [0.05, 0.1) is 23.2 Å². The Kier molecular flexibility index (Phi) is 5.97. The summed E-state index contributed by atoms with van der Waals surface area (Å²) in [6.45, 7) is 8.68. The lowest BCUT2D eigenvalue weighted by atomic mass is 9.89. The van der Waals surface area contributed by atoms with E-state index >= 15 is 0 Å². The van der Waals surface area contributed by atoms with Gasteiger partial charge in [0.2, 0.25) is 5.91 Å². The Morgan fingerprint density at radius 3 is 2.62 bits per heavy atom. The molecule has 1 aromatic carbocycles. The number of ether oxygens (including phenoxy) is 1. The number of para-hydroxylation sites is 2. The lowest BCUT2D eigenvalue weighted by Crippen LogP contribution is -2.34. The SMILES string of the molecule is CC1CCC(OCC(=O)NC(C)c2nc3ccccc3n2C(C)C)CC1. The molecule has 5 nitrogen and oxygen atoms in total. The highest BCUT2D eigenvalue weighted by Gasteiger charge is 2.22. The molecule has 0 spiro atoms. The fourth-order valence-electron chi connectivity index (χ4n) is 3.85. The van der Waals surface area contributed by atoms with Gasteiger partial charge in [-0.25, -0.2) is 4.98 Å². The summed E-state index contributed by atoms with van der Waals surface area (Å²) in [6, 6.07) is 8.22. The molecule has 1 heterocycles. The molecule has 3 rings (SSSR count). The first-order chi connectivity index (χ1) is 12.5. The van der Waals surface area contributed by atoms with Gasteiger partial charge < -0.3 is 14.6 Å². The van der Waals surface area contributed by atoms with Crippen molar-refractivity contribution in [3.05, 3.63) is 30.1 Å². The Bertz CT molecular complexity index is 745. The van der Waals surface area contributed by atoms with Crippen LogP contribution in [0.4, 0.5) is 0 Å². The van der Waals surface area contributed by atoms with E-state index in [9.17, 15) is 4.79 Å². The van der Waals surface area contributed by atoms with E-state index in [1.807, 2.05) is 25.1 Å². The number of carbonyl (C=O) groups is 1. The van der Waals surface area contributed by atoms with E-state index in [4.69, 9.17) is 9.72 Å². The summed E-state index contributed by atoms with van der Waals surface area (Å²) in [6.07, 6.45) is 4.75. The van der Waals surface area contributed by atoms with Gasteiger partial charge in [0.1, 0.15) is 12.4 Å². The number of carbonyl (C=O) groups excluding carboxylic acids is 1. The maximum atomic E-state index is 12.4. The molecule has 1 fully saturated rings. The van der Waals surface area contributed by atoms with Crippen LogP contribution < -0.4 is 5.32 Å². The molecule has 0 bridgehead atoms. The Hall–Kier alpha value is -1.88. The minimum Gasteiger partial charge on any atom is -0.368 e. The number of amides is 1. The summed E-state index contributed by atoms with van der Waals surface area (Å²) in [4.78, 5) is 17.1. The van der Waals surface area contributed by atoms with E-state index in [0.29, 0.717) is 0 Å². The maximum Gasteiger partial charge on any atom is 0.246 e. The molecular weight excluding hydrogens is 326 g/mol.